The fourth-order valence-electron chi connectivity index (χ4n) is 2.78. The van der Waals surface area contributed by atoms with Crippen LogP contribution in [0.15, 0.2) is 0 Å². The van der Waals surface area contributed by atoms with Crippen LogP contribution < -0.4 is 0 Å². The lowest BCUT2D eigenvalue weighted by atomic mass is 9.92. The minimum Gasteiger partial charge on any atom is -0.387 e. The highest BCUT2D eigenvalue weighted by Crippen LogP contribution is 2.33. The normalized spacial score (nSPS) is 22.6. The third kappa shape index (κ3) is 4.21. The zero-order valence-electron chi connectivity index (χ0n) is 12.7. The zero-order chi connectivity index (χ0) is 15.6. The van der Waals surface area contributed by atoms with Gasteiger partial charge in [0.05, 0.1) is 22.9 Å². The summed E-state index contributed by atoms with van der Waals surface area (Å²) in [6.07, 6.45) is 3.01. The quantitative estimate of drug-likeness (QED) is 0.887. The Morgan fingerprint density at radius 1 is 1.48 bits per heavy atom. The van der Waals surface area contributed by atoms with Crippen LogP contribution in [0.3, 0.4) is 0 Å². The molecule has 1 fully saturated rings. The molecule has 0 aliphatic carbocycles. The number of aliphatic hydroxyl groups is 1. The molecular formula is C13H23N3O3S2. The number of piperidine rings is 1. The van der Waals surface area contributed by atoms with E-state index >= 15 is 0 Å². The first-order chi connectivity index (χ1) is 9.79. The van der Waals surface area contributed by atoms with Gasteiger partial charge in [-0.2, -0.15) is 0 Å². The zero-order valence-corrected chi connectivity index (χ0v) is 14.3. The molecule has 1 aliphatic heterocycles. The number of rotatable bonds is 5. The molecule has 1 aromatic rings. The highest BCUT2D eigenvalue weighted by molar-refractivity contribution is 7.88. The molecule has 6 nitrogen and oxygen atoms in total. The van der Waals surface area contributed by atoms with Gasteiger partial charge < -0.3 is 5.11 Å². The summed E-state index contributed by atoms with van der Waals surface area (Å²) < 4.78 is 28.7. The molecule has 0 spiro atoms. The van der Waals surface area contributed by atoms with Gasteiger partial charge in [0, 0.05) is 13.1 Å². The van der Waals surface area contributed by atoms with Crippen LogP contribution in [0.25, 0.3) is 0 Å². The van der Waals surface area contributed by atoms with Gasteiger partial charge in [-0.05, 0) is 42.6 Å². The van der Waals surface area contributed by atoms with Crippen molar-refractivity contribution in [3.63, 3.8) is 0 Å². The van der Waals surface area contributed by atoms with E-state index in [0.29, 0.717) is 19.5 Å². The van der Waals surface area contributed by atoms with Gasteiger partial charge in [-0.3, -0.25) is 0 Å². The standard InChI is InChI=1S/C13H23N3O3S2/c1-9(2)12-13(20-15-14-12)11(17)7-10-5-4-6-16(8-10)21(3,18)19/h9-11,17H,4-8H2,1-3H3. The number of sulfonamides is 1. The summed E-state index contributed by atoms with van der Waals surface area (Å²) >= 11 is 1.24. The van der Waals surface area contributed by atoms with Crippen LogP contribution in [-0.4, -0.2) is 46.8 Å². The summed E-state index contributed by atoms with van der Waals surface area (Å²) in [5.74, 6) is 0.415. The molecule has 0 radical (unpaired) electrons. The molecule has 8 heteroatoms. The molecule has 2 rings (SSSR count). The van der Waals surface area contributed by atoms with Crippen molar-refractivity contribution in [2.24, 2.45) is 5.92 Å². The molecule has 1 N–H and O–H groups in total. The van der Waals surface area contributed by atoms with Crippen LogP contribution in [0.4, 0.5) is 0 Å². The number of aromatic nitrogens is 2. The smallest absolute Gasteiger partial charge is 0.211 e. The maximum Gasteiger partial charge on any atom is 0.211 e. The van der Waals surface area contributed by atoms with Crippen molar-refractivity contribution in [2.45, 2.75) is 45.1 Å². The fourth-order valence-corrected chi connectivity index (χ4v) is 4.53. The van der Waals surface area contributed by atoms with E-state index in [1.165, 1.54) is 22.1 Å². The van der Waals surface area contributed by atoms with Crippen molar-refractivity contribution < 1.29 is 13.5 Å². The third-order valence-electron chi connectivity index (χ3n) is 3.90. The van der Waals surface area contributed by atoms with E-state index in [1.807, 2.05) is 13.8 Å². The molecule has 1 aliphatic rings. The molecule has 0 saturated carbocycles. The van der Waals surface area contributed by atoms with Crippen LogP contribution in [0.1, 0.15) is 55.7 Å². The monoisotopic (exact) mass is 333 g/mol. The number of aliphatic hydroxyl groups excluding tert-OH is 1. The van der Waals surface area contributed by atoms with Crippen molar-refractivity contribution in [1.82, 2.24) is 13.9 Å². The lowest BCUT2D eigenvalue weighted by Crippen LogP contribution is -2.39. The third-order valence-corrected chi connectivity index (χ3v) is 6.01. The van der Waals surface area contributed by atoms with Gasteiger partial charge in [0.15, 0.2) is 0 Å². The predicted molar refractivity (Wildman–Crippen MR) is 82.7 cm³/mol. The Morgan fingerprint density at radius 3 is 2.81 bits per heavy atom. The Balaban J connectivity index is 2.02. The van der Waals surface area contributed by atoms with Crippen LogP contribution in [-0.2, 0) is 10.0 Å². The van der Waals surface area contributed by atoms with Crippen LogP contribution in [0.5, 0.6) is 0 Å². The molecular weight excluding hydrogens is 310 g/mol. The first kappa shape index (κ1) is 16.8. The molecule has 2 heterocycles. The molecule has 1 aromatic heterocycles. The van der Waals surface area contributed by atoms with Gasteiger partial charge >= 0.3 is 0 Å². The lowest BCUT2D eigenvalue weighted by Gasteiger charge is -2.31. The van der Waals surface area contributed by atoms with E-state index in [9.17, 15) is 13.5 Å². The van der Waals surface area contributed by atoms with E-state index in [0.717, 1.165) is 23.4 Å². The van der Waals surface area contributed by atoms with Crippen molar-refractivity contribution in [1.29, 1.82) is 0 Å². The Kier molecular flexibility index (Phi) is 5.34. The fraction of sp³-hybridized carbons (Fsp3) is 0.846. The molecule has 2 unspecified atom stereocenters. The summed E-state index contributed by atoms with van der Waals surface area (Å²) in [5.41, 5.74) is 0.850. The average Bonchev–Trinajstić information content (AvgIpc) is 2.87. The number of nitrogens with zero attached hydrogens (tertiary/aromatic N) is 3. The first-order valence-electron chi connectivity index (χ1n) is 7.24. The Hall–Kier alpha value is -0.570. The molecule has 0 bridgehead atoms. The van der Waals surface area contributed by atoms with Gasteiger partial charge in [0.1, 0.15) is 0 Å². The summed E-state index contributed by atoms with van der Waals surface area (Å²) in [7, 11) is -3.14. The van der Waals surface area contributed by atoms with E-state index in [-0.39, 0.29) is 11.8 Å². The summed E-state index contributed by atoms with van der Waals surface area (Å²) in [5, 5.41) is 14.5. The molecule has 21 heavy (non-hydrogen) atoms. The van der Waals surface area contributed by atoms with Crippen molar-refractivity contribution in [2.75, 3.05) is 19.3 Å². The second kappa shape index (κ2) is 6.68. The van der Waals surface area contributed by atoms with Crippen molar-refractivity contribution in [3.05, 3.63) is 10.6 Å². The van der Waals surface area contributed by atoms with Gasteiger partial charge in [-0.25, -0.2) is 12.7 Å². The van der Waals surface area contributed by atoms with Crippen LogP contribution in [0, 0.1) is 5.92 Å². The van der Waals surface area contributed by atoms with Gasteiger partial charge in [-0.1, -0.05) is 18.3 Å². The predicted octanol–water partition coefficient (Wildman–Crippen LogP) is 1.76. The lowest BCUT2D eigenvalue weighted by molar-refractivity contribution is 0.124. The van der Waals surface area contributed by atoms with Gasteiger partial charge in [-0.15, -0.1) is 5.10 Å². The van der Waals surface area contributed by atoms with E-state index in [2.05, 4.69) is 9.59 Å². The van der Waals surface area contributed by atoms with E-state index < -0.39 is 16.1 Å². The van der Waals surface area contributed by atoms with Crippen LogP contribution in [0.2, 0.25) is 0 Å². The minimum absolute atomic E-state index is 0.186. The second-order valence-corrected chi connectivity index (χ2v) is 8.83. The van der Waals surface area contributed by atoms with Gasteiger partial charge in [0.2, 0.25) is 10.0 Å². The SMILES string of the molecule is CC(C)c1nnsc1C(O)CC1CCCN(S(C)(=O)=O)C1. The molecule has 2 atom stereocenters. The van der Waals surface area contributed by atoms with Crippen LogP contribution >= 0.6 is 11.5 Å². The second-order valence-electron chi connectivity index (χ2n) is 6.06. The van der Waals surface area contributed by atoms with E-state index in [1.54, 1.807) is 0 Å². The van der Waals surface area contributed by atoms with Gasteiger partial charge in [0.25, 0.3) is 0 Å². The van der Waals surface area contributed by atoms with E-state index in [4.69, 9.17) is 0 Å². The van der Waals surface area contributed by atoms with Crippen molar-refractivity contribution >= 4 is 21.6 Å². The summed E-state index contributed by atoms with van der Waals surface area (Å²) in [6.45, 7) is 5.14. The highest BCUT2D eigenvalue weighted by atomic mass is 32.2. The maximum atomic E-state index is 11.6. The largest absolute Gasteiger partial charge is 0.387 e. The average molecular weight is 333 g/mol. The summed E-state index contributed by atoms with van der Waals surface area (Å²) in [4.78, 5) is 0.821. The Labute approximate surface area is 130 Å². The topological polar surface area (TPSA) is 83.4 Å². The van der Waals surface area contributed by atoms with Crippen molar-refractivity contribution in [3.8, 4) is 0 Å². The minimum atomic E-state index is -3.14. The summed E-state index contributed by atoms with van der Waals surface area (Å²) in [6, 6.07) is 0. The number of hydrogen-bond donors (Lipinski definition) is 1. The number of hydrogen-bond acceptors (Lipinski definition) is 6. The molecule has 1 saturated heterocycles. The Morgan fingerprint density at radius 2 is 2.19 bits per heavy atom. The maximum absolute atomic E-state index is 11.6. The highest BCUT2D eigenvalue weighted by Gasteiger charge is 2.29. The molecule has 0 amide bonds. The molecule has 0 aromatic carbocycles. The molecule has 120 valence electrons. The Bertz CT molecular complexity index is 571. The first-order valence-corrected chi connectivity index (χ1v) is 9.86.